The lowest BCUT2D eigenvalue weighted by Crippen LogP contribution is -2.27. The monoisotopic (exact) mass is 721 g/mol. The fourth-order valence-electron chi connectivity index (χ4n) is 9.87. The van der Waals surface area contributed by atoms with Gasteiger partial charge in [-0.1, -0.05) is 166 Å². The van der Waals surface area contributed by atoms with Crippen molar-refractivity contribution in [1.29, 1.82) is 0 Å². The molecule has 6 aromatic carbocycles. The zero-order valence-corrected chi connectivity index (χ0v) is 33.0. The van der Waals surface area contributed by atoms with E-state index in [4.69, 9.17) is 0 Å². The zero-order valence-electron chi connectivity index (χ0n) is 33.0. The van der Waals surface area contributed by atoms with Crippen molar-refractivity contribution in [3.63, 3.8) is 0 Å². The van der Waals surface area contributed by atoms with Crippen molar-refractivity contribution in [2.45, 2.75) is 45.4 Å². The van der Waals surface area contributed by atoms with E-state index in [2.05, 4.69) is 217 Å². The molecule has 0 bridgehead atoms. The molecule has 0 saturated heterocycles. The van der Waals surface area contributed by atoms with Crippen LogP contribution >= 0.6 is 0 Å². The van der Waals surface area contributed by atoms with Crippen LogP contribution in [0, 0.1) is 6.92 Å². The summed E-state index contributed by atoms with van der Waals surface area (Å²) in [6.07, 6.45) is 12.7. The Morgan fingerprint density at radius 2 is 1.09 bits per heavy atom. The number of rotatable bonds is 8. The third-order valence-electron chi connectivity index (χ3n) is 12.5. The van der Waals surface area contributed by atoms with Crippen LogP contribution in [-0.2, 0) is 10.8 Å². The lowest BCUT2D eigenvalue weighted by Gasteiger charge is -2.34. The lowest BCUT2D eigenvalue weighted by atomic mass is 9.69. The molecule has 1 atom stereocenters. The van der Waals surface area contributed by atoms with Crippen molar-refractivity contribution in [2.24, 2.45) is 0 Å². The van der Waals surface area contributed by atoms with E-state index >= 15 is 0 Å². The van der Waals surface area contributed by atoms with Crippen LogP contribution in [0.1, 0.15) is 66.6 Å². The van der Waals surface area contributed by atoms with Gasteiger partial charge in [0, 0.05) is 22.5 Å². The highest BCUT2D eigenvalue weighted by Crippen LogP contribution is 2.62. The summed E-state index contributed by atoms with van der Waals surface area (Å²) in [4.78, 5) is 2.45. The Morgan fingerprint density at radius 1 is 0.536 bits per heavy atom. The summed E-state index contributed by atoms with van der Waals surface area (Å²) >= 11 is 0. The Labute approximate surface area is 332 Å². The molecular formula is C55H47N. The van der Waals surface area contributed by atoms with E-state index in [0.29, 0.717) is 0 Å². The molecule has 6 aromatic rings. The SMILES string of the molecule is C=C/C=C\C1=C(C)C2(C(C=C)=C(/C=C\C)c3ccccc32)c2cc(N(c3ccc(-c4ccc(C)cc4)cc3)c3ccc4c(c3)C(C)(C)c3ccccc3-4)ccc21. The quantitative estimate of drug-likeness (QED) is 0.141. The van der Waals surface area contributed by atoms with Crippen molar-refractivity contribution in [2.75, 3.05) is 4.90 Å². The van der Waals surface area contributed by atoms with E-state index in [0.717, 1.165) is 17.1 Å². The van der Waals surface area contributed by atoms with Crippen molar-refractivity contribution in [3.05, 3.63) is 233 Å². The molecule has 3 aliphatic carbocycles. The third kappa shape index (κ3) is 5.07. The highest BCUT2D eigenvalue weighted by Gasteiger charge is 2.51. The molecule has 0 fully saturated rings. The van der Waals surface area contributed by atoms with Gasteiger partial charge in [0.25, 0.3) is 0 Å². The van der Waals surface area contributed by atoms with Gasteiger partial charge in [0.2, 0.25) is 0 Å². The second-order valence-electron chi connectivity index (χ2n) is 15.8. The Balaban J connectivity index is 1.29. The number of nitrogens with zero attached hydrogens (tertiary/aromatic N) is 1. The van der Waals surface area contributed by atoms with Crippen LogP contribution in [0.5, 0.6) is 0 Å². The van der Waals surface area contributed by atoms with Gasteiger partial charge in [0.15, 0.2) is 0 Å². The first-order chi connectivity index (χ1) is 27.2. The standard InChI is InChI=1S/C55H47N/c1-8-11-17-43-37(5)55(49(10-3)44(16-9-2)46-19-13-15-21-51(46)55)53-35-42(30-32-47(43)53)56(40-28-26-39(27-29-40)38-24-22-36(4)23-25-38)41-31-33-48-45-18-12-14-20-50(45)54(6,7)52(48)34-41/h8-35H,1,3H2,2,4-7H3/b16-9-,17-11-. The van der Waals surface area contributed by atoms with E-state index in [1.807, 2.05) is 6.08 Å². The minimum atomic E-state index is -0.498. The first-order valence-corrected chi connectivity index (χ1v) is 19.7. The second-order valence-corrected chi connectivity index (χ2v) is 15.8. The normalized spacial score (nSPS) is 17.4. The maximum absolute atomic E-state index is 4.47. The van der Waals surface area contributed by atoms with Gasteiger partial charge in [0.05, 0.1) is 5.41 Å². The van der Waals surface area contributed by atoms with E-state index in [-0.39, 0.29) is 5.41 Å². The van der Waals surface area contributed by atoms with Gasteiger partial charge in [-0.3, -0.25) is 0 Å². The number of hydrogen-bond donors (Lipinski definition) is 0. The topological polar surface area (TPSA) is 3.24 Å². The van der Waals surface area contributed by atoms with Crippen LogP contribution in [0.25, 0.3) is 33.4 Å². The molecule has 1 spiro atoms. The van der Waals surface area contributed by atoms with Crippen molar-refractivity contribution >= 4 is 28.2 Å². The molecule has 0 amide bonds. The predicted octanol–water partition coefficient (Wildman–Crippen LogP) is 14.8. The average Bonchev–Trinajstić information content (AvgIpc) is 3.74. The summed E-state index contributed by atoms with van der Waals surface area (Å²) in [5.41, 5.74) is 21.8. The number of aryl methyl sites for hydroxylation is 1. The highest BCUT2D eigenvalue weighted by atomic mass is 15.1. The molecule has 0 heterocycles. The maximum Gasteiger partial charge on any atom is 0.0686 e. The molecule has 0 N–H and O–H groups in total. The Kier molecular flexibility index (Phi) is 8.44. The van der Waals surface area contributed by atoms with Gasteiger partial charge in [-0.05, 0) is 135 Å². The van der Waals surface area contributed by atoms with Crippen molar-refractivity contribution < 1.29 is 0 Å². The number of hydrogen-bond acceptors (Lipinski definition) is 1. The van der Waals surface area contributed by atoms with Gasteiger partial charge in [0.1, 0.15) is 0 Å². The summed E-state index contributed by atoms with van der Waals surface area (Å²) in [6, 6.07) is 49.8. The molecule has 0 radical (unpaired) electrons. The van der Waals surface area contributed by atoms with Gasteiger partial charge in [-0.2, -0.15) is 0 Å². The van der Waals surface area contributed by atoms with E-state index < -0.39 is 5.41 Å². The molecule has 1 heteroatoms. The Morgan fingerprint density at radius 3 is 1.75 bits per heavy atom. The Bertz CT molecular complexity index is 2710. The molecule has 1 nitrogen and oxygen atoms in total. The van der Waals surface area contributed by atoms with E-state index in [1.54, 1.807) is 0 Å². The van der Waals surface area contributed by atoms with Gasteiger partial charge < -0.3 is 4.90 Å². The van der Waals surface area contributed by atoms with Crippen molar-refractivity contribution in [1.82, 2.24) is 0 Å². The smallest absolute Gasteiger partial charge is 0.0686 e. The van der Waals surface area contributed by atoms with E-state index in [9.17, 15) is 0 Å². The van der Waals surface area contributed by atoms with Crippen LogP contribution in [0.4, 0.5) is 17.1 Å². The lowest BCUT2D eigenvalue weighted by molar-refractivity contribution is 0.660. The zero-order chi connectivity index (χ0) is 38.8. The molecule has 3 aliphatic rings. The number of allylic oxidation sites excluding steroid dienone is 10. The fourth-order valence-corrected chi connectivity index (χ4v) is 9.87. The molecule has 0 saturated carbocycles. The molecule has 1 unspecified atom stereocenters. The Hall–Kier alpha value is -6.44. The molecular weight excluding hydrogens is 675 g/mol. The summed E-state index contributed by atoms with van der Waals surface area (Å²) in [7, 11) is 0. The molecule has 0 aromatic heterocycles. The average molecular weight is 722 g/mol. The second kappa shape index (κ2) is 13.4. The highest BCUT2D eigenvalue weighted by molar-refractivity contribution is 6.00. The largest absolute Gasteiger partial charge is 0.310 e. The van der Waals surface area contributed by atoms with Gasteiger partial charge >= 0.3 is 0 Å². The van der Waals surface area contributed by atoms with Crippen LogP contribution in [0.3, 0.4) is 0 Å². The molecule has 56 heavy (non-hydrogen) atoms. The van der Waals surface area contributed by atoms with Gasteiger partial charge in [-0.25, -0.2) is 0 Å². The number of anilines is 3. The van der Waals surface area contributed by atoms with Crippen LogP contribution in [0.2, 0.25) is 0 Å². The number of fused-ring (bicyclic) bond motifs is 7. The minimum absolute atomic E-state index is 0.126. The summed E-state index contributed by atoms with van der Waals surface area (Å²) in [6.45, 7) is 19.8. The summed E-state index contributed by atoms with van der Waals surface area (Å²) in [5, 5.41) is 0. The van der Waals surface area contributed by atoms with Crippen molar-refractivity contribution in [3.8, 4) is 22.3 Å². The maximum atomic E-state index is 4.47. The minimum Gasteiger partial charge on any atom is -0.310 e. The molecule has 272 valence electrons. The van der Waals surface area contributed by atoms with Gasteiger partial charge in [-0.15, -0.1) is 0 Å². The fraction of sp³-hybridized carbons (Fsp3) is 0.127. The first kappa shape index (κ1) is 35.3. The molecule has 9 rings (SSSR count). The predicted molar refractivity (Wildman–Crippen MR) is 240 cm³/mol. The van der Waals surface area contributed by atoms with Crippen LogP contribution < -0.4 is 4.90 Å². The third-order valence-corrected chi connectivity index (χ3v) is 12.5. The summed E-state index contributed by atoms with van der Waals surface area (Å²) < 4.78 is 0. The first-order valence-electron chi connectivity index (χ1n) is 19.7. The van der Waals surface area contributed by atoms with Crippen LogP contribution in [-0.4, -0.2) is 0 Å². The molecule has 0 aliphatic heterocycles. The number of benzene rings is 6. The summed E-state index contributed by atoms with van der Waals surface area (Å²) in [5.74, 6) is 0. The van der Waals surface area contributed by atoms with E-state index in [1.165, 1.54) is 83.5 Å². The van der Waals surface area contributed by atoms with Crippen LogP contribution in [0.15, 0.2) is 194 Å².